The first-order valence-electron chi connectivity index (χ1n) is 6.17. The first-order valence-corrected chi connectivity index (χ1v) is 6.17. The molecule has 3 atom stereocenters. The topological polar surface area (TPSA) is 20.2 Å². The highest BCUT2D eigenvalue weighted by Crippen LogP contribution is 2.40. The van der Waals surface area contributed by atoms with Crippen LogP contribution in [0, 0.1) is 29.6 Å². The molecule has 3 unspecified atom stereocenters. The van der Waals surface area contributed by atoms with E-state index < -0.39 is 0 Å². The summed E-state index contributed by atoms with van der Waals surface area (Å²) in [6.07, 6.45) is 3.90. The zero-order chi connectivity index (χ0) is 10.7. The van der Waals surface area contributed by atoms with Gasteiger partial charge in [0.1, 0.15) is 0 Å². The van der Waals surface area contributed by atoms with E-state index in [1.54, 1.807) is 0 Å². The summed E-state index contributed by atoms with van der Waals surface area (Å²) in [6.45, 7) is 9.67. The van der Waals surface area contributed by atoms with E-state index in [1.807, 2.05) is 0 Å². The van der Waals surface area contributed by atoms with Gasteiger partial charge in [0.05, 0.1) is 0 Å². The Morgan fingerprint density at radius 2 is 1.71 bits per heavy atom. The molecule has 84 valence electrons. The first-order chi connectivity index (χ1) is 6.56. The van der Waals surface area contributed by atoms with Crippen LogP contribution in [0.3, 0.4) is 0 Å². The second-order valence-corrected chi connectivity index (χ2v) is 5.67. The summed E-state index contributed by atoms with van der Waals surface area (Å²) < 4.78 is 0. The van der Waals surface area contributed by atoms with Crippen molar-refractivity contribution in [2.75, 3.05) is 6.61 Å². The molecule has 1 saturated carbocycles. The molecule has 0 bridgehead atoms. The lowest BCUT2D eigenvalue weighted by atomic mass is 9.67. The molecule has 0 spiro atoms. The van der Waals surface area contributed by atoms with Crippen molar-refractivity contribution in [1.29, 1.82) is 0 Å². The Kier molecular flexibility index (Phi) is 4.43. The molecule has 1 fully saturated rings. The van der Waals surface area contributed by atoms with E-state index in [0.29, 0.717) is 12.5 Å². The molecule has 0 saturated heterocycles. The van der Waals surface area contributed by atoms with Crippen LogP contribution in [-0.4, -0.2) is 11.7 Å². The van der Waals surface area contributed by atoms with Crippen LogP contribution in [0.4, 0.5) is 0 Å². The van der Waals surface area contributed by atoms with Gasteiger partial charge in [-0.2, -0.15) is 0 Å². The van der Waals surface area contributed by atoms with Crippen molar-refractivity contribution in [2.45, 2.75) is 47.0 Å². The van der Waals surface area contributed by atoms with Crippen LogP contribution in [0.5, 0.6) is 0 Å². The molecule has 0 aromatic heterocycles. The highest BCUT2D eigenvalue weighted by Gasteiger charge is 2.32. The summed E-state index contributed by atoms with van der Waals surface area (Å²) in [7, 11) is 0. The number of hydrogen-bond donors (Lipinski definition) is 1. The van der Waals surface area contributed by atoms with E-state index in [1.165, 1.54) is 19.3 Å². The standard InChI is InChI=1S/C13H26O/c1-9(2)11-5-6-12(8-14)13(7-11)10(3)4/h9-14H,5-8H2,1-4H3. The molecular weight excluding hydrogens is 172 g/mol. The maximum atomic E-state index is 9.34. The highest BCUT2D eigenvalue weighted by atomic mass is 16.3. The molecule has 14 heavy (non-hydrogen) atoms. The van der Waals surface area contributed by atoms with Gasteiger partial charge in [-0.15, -0.1) is 0 Å². The second-order valence-electron chi connectivity index (χ2n) is 5.67. The van der Waals surface area contributed by atoms with Crippen LogP contribution in [0.25, 0.3) is 0 Å². The molecule has 1 N–H and O–H groups in total. The third-order valence-electron chi connectivity index (χ3n) is 4.12. The molecule has 1 nitrogen and oxygen atoms in total. The normalized spacial score (nSPS) is 34.1. The minimum Gasteiger partial charge on any atom is -0.396 e. The Bertz CT molecular complexity index is 163. The van der Waals surface area contributed by atoms with E-state index in [-0.39, 0.29) is 0 Å². The van der Waals surface area contributed by atoms with E-state index in [2.05, 4.69) is 27.7 Å². The van der Waals surface area contributed by atoms with Gasteiger partial charge >= 0.3 is 0 Å². The number of hydrogen-bond acceptors (Lipinski definition) is 1. The van der Waals surface area contributed by atoms with Crippen LogP contribution in [-0.2, 0) is 0 Å². The number of aliphatic hydroxyl groups excluding tert-OH is 1. The molecule has 1 rings (SSSR count). The lowest BCUT2D eigenvalue weighted by molar-refractivity contribution is 0.0659. The van der Waals surface area contributed by atoms with Crippen LogP contribution >= 0.6 is 0 Å². The molecule has 1 aliphatic rings. The molecule has 0 heterocycles. The van der Waals surface area contributed by atoms with Gasteiger partial charge in [0.2, 0.25) is 0 Å². The fourth-order valence-electron chi connectivity index (χ4n) is 2.95. The summed E-state index contributed by atoms with van der Waals surface area (Å²) >= 11 is 0. The summed E-state index contributed by atoms with van der Waals surface area (Å²) in [5.41, 5.74) is 0. The highest BCUT2D eigenvalue weighted by molar-refractivity contribution is 4.82. The average Bonchev–Trinajstić information content (AvgIpc) is 2.16. The third-order valence-corrected chi connectivity index (χ3v) is 4.12. The third kappa shape index (κ3) is 2.73. The Morgan fingerprint density at radius 3 is 2.14 bits per heavy atom. The lowest BCUT2D eigenvalue weighted by Crippen LogP contribution is -2.32. The quantitative estimate of drug-likeness (QED) is 0.737. The maximum absolute atomic E-state index is 9.34. The molecule has 0 amide bonds. The summed E-state index contributed by atoms with van der Waals surface area (Å²) in [5.74, 6) is 3.76. The smallest absolute Gasteiger partial charge is 0.0462 e. The SMILES string of the molecule is CC(C)C1CCC(CO)C(C(C)C)C1. The van der Waals surface area contributed by atoms with Crippen molar-refractivity contribution >= 4 is 0 Å². The van der Waals surface area contributed by atoms with Crippen molar-refractivity contribution in [3.63, 3.8) is 0 Å². The molecule has 0 aliphatic heterocycles. The van der Waals surface area contributed by atoms with Crippen molar-refractivity contribution < 1.29 is 5.11 Å². The predicted molar refractivity (Wildman–Crippen MR) is 61.1 cm³/mol. The zero-order valence-corrected chi connectivity index (χ0v) is 10.2. The van der Waals surface area contributed by atoms with E-state index in [9.17, 15) is 5.11 Å². The van der Waals surface area contributed by atoms with Crippen LogP contribution < -0.4 is 0 Å². The fraction of sp³-hybridized carbons (Fsp3) is 1.00. The first kappa shape index (κ1) is 12.0. The van der Waals surface area contributed by atoms with Gasteiger partial charge in [0.15, 0.2) is 0 Å². The van der Waals surface area contributed by atoms with Crippen molar-refractivity contribution in [2.24, 2.45) is 29.6 Å². The van der Waals surface area contributed by atoms with E-state index in [4.69, 9.17) is 0 Å². The number of rotatable bonds is 3. The monoisotopic (exact) mass is 198 g/mol. The van der Waals surface area contributed by atoms with Crippen molar-refractivity contribution in [3.8, 4) is 0 Å². The number of aliphatic hydroxyl groups is 1. The molecule has 1 aliphatic carbocycles. The van der Waals surface area contributed by atoms with Gasteiger partial charge in [0, 0.05) is 6.61 Å². The van der Waals surface area contributed by atoms with E-state index in [0.717, 1.165) is 23.7 Å². The fourth-order valence-corrected chi connectivity index (χ4v) is 2.95. The minimum atomic E-state index is 0.396. The van der Waals surface area contributed by atoms with Crippen LogP contribution in [0.1, 0.15) is 47.0 Å². The summed E-state index contributed by atoms with van der Waals surface area (Å²) in [6, 6.07) is 0. The van der Waals surface area contributed by atoms with Gasteiger partial charge in [0.25, 0.3) is 0 Å². The van der Waals surface area contributed by atoms with Gasteiger partial charge in [-0.3, -0.25) is 0 Å². The van der Waals surface area contributed by atoms with E-state index >= 15 is 0 Å². The Hall–Kier alpha value is -0.0400. The Balaban J connectivity index is 2.57. The van der Waals surface area contributed by atoms with Crippen LogP contribution in [0.2, 0.25) is 0 Å². The minimum absolute atomic E-state index is 0.396. The van der Waals surface area contributed by atoms with Crippen molar-refractivity contribution in [1.82, 2.24) is 0 Å². The van der Waals surface area contributed by atoms with Gasteiger partial charge in [-0.1, -0.05) is 27.7 Å². The summed E-state index contributed by atoms with van der Waals surface area (Å²) in [4.78, 5) is 0. The van der Waals surface area contributed by atoms with Crippen LogP contribution in [0.15, 0.2) is 0 Å². The second kappa shape index (κ2) is 5.16. The molecule has 0 aromatic rings. The predicted octanol–water partition coefficient (Wildman–Crippen LogP) is 3.32. The van der Waals surface area contributed by atoms with Crippen molar-refractivity contribution in [3.05, 3.63) is 0 Å². The maximum Gasteiger partial charge on any atom is 0.0462 e. The zero-order valence-electron chi connectivity index (χ0n) is 10.2. The molecular formula is C13H26O. The van der Waals surface area contributed by atoms with Gasteiger partial charge in [-0.25, -0.2) is 0 Å². The van der Waals surface area contributed by atoms with Gasteiger partial charge < -0.3 is 5.11 Å². The molecule has 0 radical (unpaired) electrons. The largest absolute Gasteiger partial charge is 0.396 e. The summed E-state index contributed by atoms with van der Waals surface area (Å²) in [5, 5.41) is 9.34. The average molecular weight is 198 g/mol. The molecule has 0 aromatic carbocycles. The van der Waals surface area contributed by atoms with Gasteiger partial charge in [-0.05, 0) is 48.9 Å². The molecule has 1 heteroatoms. The lowest BCUT2D eigenvalue weighted by Gasteiger charge is -2.39. The Labute approximate surface area is 88.9 Å². The Morgan fingerprint density at radius 1 is 1.07 bits per heavy atom.